The number of fused-ring (bicyclic) bond motifs is 1. The number of ether oxygens (including phenoxy) is 1. The summed E-state index contributed by atoms with van der Waals surface area (Å²) in [5.41, 5.74) is 6.43. The summed E-state index contributed by atoms with van der Waals surface area (Å²) in [6.07, 6.45) is 1.08. The van der Waals surface area contributed by atoms with Crippen LogP contribution in [0.25, 0.3) is 10.8 Å². The standard InChI is InChI=1S/C18H20N2O3/c19-17(21)16(20-18(22)15-7-8-23-11-15)10-12-5-6-13-3-1-2-4-14(13)9-12/h1-6,9,15-16H,7-8,10-11H2,(H2,19,21)(H,20,22)/t15-,16-/m0/s1. The Labute approximate surface area is 134 Å². The van der Waals surface area contributed by atoms with E-state index < -0.39 is 11.9 Å². The lowest BCUT2D eigenvalue weighted by Crippen LogP contribution is -2.48. The van der Waals surface area contributed by atoms with Gasteiger partial charge in [-0.3, -0.25) is 9.59 Å². The van der Waals surface area contributed by atoms with E-state index in [-0.39, 0.29) is 11.8 Å². The van der Waals surface area contributed by atoms with E-state index >= 15 is 0 Å². The molecule has 3 N–H and O–H groups in total. The van der Waals surface area contributed by atoms with Crippen molar-refractivity contribution in [2.75, 3.05) is 13.2 Å². The number of primary amides is 1. The van der Waals surface area contributed by atoms with E-state index in [0.29, 0.717) is 26.1 Å². The first-order valence-corrected chi connectivity index (χ1v) is 7.78. The van der Waals surface area contributed by atoms with Gasteiger partial charge in [0.25, 0.3) is 0 Å². The van der Waals surface area contributed by atoms with Crippen LogP contribution in [0, 0.1) is 5.92 Å². The van der Waals surface area contributed by atoms with Crippen LogP contribution in [0.5, 0.6) is 0 Å². The summed E-state index contributed by atoms with van der Waals surface area (Å²) in [7, 11) is 0. The van der Waals surface area contributed by atoms with Crippen LogP contribution in [-0.2, 0) is 20.7 Å². The maximum absolute atomic E-state index is 12.2. The number of nitrogens with one attached hydrogen (secondary N) is 1. The highest BCUT2D eigenvalue weighted by atomic mass is 16.5. The van der Waals surface area contributed by atoms with Crippen molar-refractivity contribution < 1.29 is 14.3 Å². The van der Waals surface area contributed by atoms with E-state index in [1.165, 1.54) is 0 Å². The van der Waals surface area contributed by atoms with Crippen molar-refractivity contribution in [2.24, 2.45) is 11.7 Å². The molecule has 0 radical (unpaired) electrons. The van der Waals surface area contributed by atoms with Gasteiger partial charge in [0, 0.05) is 13.0 Å². The van der Waals surface area contributed by atoms with E-state index in [4.69, 9.17) is 10.5 Å². The van der Waals surface area contributed by atoms with Crippen molar-refractivity contribution in [3.63, 3.8) is 0 Å². The summed E-state index contributed by atoms with van der Waals surface area (Å²) in [5.74, 6) is -0.869. The maximum Gasteiger partial charge on any atom is 0.240 e. The molecule has 0 aliphatic carbocycles. The molecule has 0 aromatic heterocycles. The largest absolute Gasteiger partial charge is 0.381 e. The third-order valence-electron chi connectivity index (χ3n) is 4.21. The zero-order valence-corrected chi connectivity index (χ0v) is 12.8. The van der Waals surface area contributed by atoms with Crippen LogP contribution in [-0.4, -0.2) is 31.1 Å². The van der Waals surface area contributed by atoms with Crippen LogP contribution < -0.4 is 11.1 Å². The fraction of sp³-hybridized carbons (Fsp3) is 0.333. The fourth-order valence-corrected chi connectivity index (χ4v) is 2.86. The lowest BCUT2D eigenvalue weighted by atomic mass is 10.0. The molecular weight excluding hydrogens is 292 g/mol. The Bertz CT molecular complexity index is 723. The third kappa shape index (κ3) is 3.68. The number of carbonyl (C=O) groups is 2. The summed E-state index contributed by atoms with van der Waals surface area (Å²) in [5, 5.41) is 5.00. The minimum atomic E-state index is -0.704. The lowest BCUT2D eigenvalue weighted by Gasteiger charge is -2.18. The monoisotopic (exact) mass is 312 g/mol. The second kappa shape index (κ2) is 6.79. The molecule has 0 spiro atoms. The molecule has 2 amide bonds. The quantitative estimate of drug-likeness (QED) is 0.875. The molecule has 1 aliphatic heterocycles. The molecule has 2 aromatic rings. The van der Waals surface area contributed by atoms with Crippen LogP contribution in [0.15, 0.2) is 42.5 Å². The van der Waals surface area contributed by atoms with Gasteiger partial charge in [0.2, 0.25) is 11.8 Å². The number of amides is 2. The summed E-state index contributed by atoms with van der Waals surface area (Å²) < 4.78 is 5.21. The first-order valence-electron chi connectivity index (χ1n) is 7.78. The van der Waals surface area contributed by atoms with E-state index in [2.05, 4.69) is 5.32 Å². The minimum absolute atomic E-state index is 0.160. The topological polar surface area (TPSA) is 81.4 Å². The normalized spacial score (nSPS) is 18.7. The molecule has 120 valence electrons. The number of hydrogen-bond donors (Lipinski definition) is 2. The second-order valence-electron chi connectivity index (χ2n) is 5.91. The molecule has 1 fully saturated rings. The molecule has 23 heavy (non-hydrogen) atoms. The number of rotatable bonds is 5. The Morgan fingerprint density at radius 3 is 2.70 bits per heavy atom. The van der Waals surface area contributed by atoms with E-state index in [0.717, 1.165) is 16.3 Å². The van der Waals surface area contributed by atoms with Crippen molar-refractivity contribution in [3.8, 4) is 0 Å². The number of carbonyl (C=O) groups excluding carboxylic acids is 2. The molecule has 5 nitrogen and oxygen atoms in total. The van der Waals surface area contributed by atoms with E-state index in [1.807, 2.05) is 42.5 Å². The van der Waals surface area contributed by atoms with E-state index in [9.17, 15) is 9.59 Å². The van der Waals surface area contributed by atoms with Crippen LogP contribution in [0.3, 0.4) is 0 Å². The average Bonchev–Trinajstić information content (AvgIpc) is 3.08. The highest BCUT2D eigenvalue weighted by Gasteiger charge is 2.27. The fourth-order valence-electron chi connectivity index (χ4n) is 2.86. The molecule has 1 saturated heterocycles. The Kier molecular flexibility index (Phi) is 4.57. The molecule has 0 bridgehead atoms. The first-order chi connectivity index (χ1) is 11.1. The molecule has 1 aliphatic rings. The molecule has 0 saturated carbocycles. The Morgan fingerprint density at radius 2 is 2.00 bits per heavy atom. The highest BCUT2D eigenvalue weighted by Crippen LogP contribution is 2.17. The van der Waals surface area contributed by atoms with Gasteiger partial charge in [-0.05, 0) is 22.8 Å². The summed E-state index contributed by atoms with van der Waals surface area (Å²) in [4.78, 5) is 23.9. The zero-order valence-electron chi connectivity index (χ0n) is 12.8. The SMILES string of the molecule is NC(=O)[C@H](Cc1ccc2ccccc2c1)NC(=O)[C@H]1CCOC1. The van der Waals surface area contributed by atoms with Crippen LogP contribution >= 0.6 is 0 Å². The van der Waals surface area contributed by atoms with Crippen molar-refractivity contribution in [1.29, 1.82) is 0 Å². The maximum atomic E-state index is 12.2. The molecule has 0 unspecified atom stereocenters. The van der Waals surface area contributed by atoms with Crippen LogP contribution in [0.1, 0.15) is 12.0 Å². The predicted molar refractivity (Wildman–Crippen MR) is 87.7 cm³/mol. The average molecular weight is 312 g/mol. The van der Waals surface area contributed by atoms with Crippen molar-refractivity contribution in [1.82, 2.24) is 5.32 Å². The lowest BCUT2D eigenvalue weighted by molar-refractivity contribution is -0.129. The van der Waals surface area contributed by atoms with Gasteiger partial charge in [0.1, 0.15) is 6.04 Å². The predicted octanol–water partition coefficient (Wildman–Crippen LogP) is 1.39. The number of benzene rings is 2. The van der Waals surface area contributed by atoms with Crippen LogP contribution in [0.4, 0.5) is 0 Å². The van der Waals surface area contributed by atoms with Gasteiger partial charge in [-0.1, -0.05) is 42.5 Å². The second-order valence-corrected chi connectivity index (χ2v) is 5.91. The summed E-state index contributed by atoms with van der Waals surface area (Å²) in [6.45, 7) is 0.997. The van der Waals surface area contributed by atoms with Gasteiger partial charge in [-0.15, -0.1) is 0 Å². The molecule has 3 rings (SSSR count). The Morgan fingerprint density at radius 1 is 1.22 bits per heavy atom. The summed E-state index contributed by atoms with van der Waals surface area (Å²) >= 11 is 0. The Hall–Kier alpha value is -2.40. The van der Waals surface area contributed by atoms with Gasteiger partial charge in [0.15, 0.2) is 0 Å². The molecule has 5 heteroatoms. The Balaban J connectivity index is 1.72. The third-order valence-corrected chi connectivity index (χ3v) is 4.21. The van der Waals surface area contributed by atoms with Crippen LogP contribution in [0.2, 0.25) is 0 Å². The van der Waals surface area contributed by atoms with Gasteiger partial charge in [0.05, 0.1) is 12.5 Å². The van der Waals surface area contributed by atoms with Gasteiger partial charge >= 0.3 is 0 Å². The smallest absolute Gasteiger partial charge is 0.240 e. The van der Waals surface area contributed by atoms with Crippen molar-refractivity contribution in [3.05, 3.63) is 48.0 Å². The molecular formula is C18H20N2O3. The van der Waals surface area contributed by atoms with E-state index in [1.54, 1.807) is 0 Å². The number of hydrogen-bond acceptors (Lipinski definition) is 3. The molecule has 1 heterocycles. The van der Waals surface area contributed by atoms with Gasteiger partial charge < -0.3 is 15.8 Å². The molecule has 2 atom stereocenters. The highest BCUT2D eigenvalue weighted by molar-refractivity contribution is 5.88. The van der Waals surface area contributed by atoms with Gasteiger partial charge in [-0.2, -0.15) is 0 Å². The molecule has 2 aromatic carbocycles. The van der Waals surface area contributed by atoms with Crippen molar-refractivity contribution in [2.45, 2.75) is 18.9 Å². The first kappa shape index (κ1) is 15.5. The van der Waals surface area contributed by atoms with Gasteiger partial charge in [-0.25, -0.2) is 0 Å². The summed E-state index contributed by atoms with van der Waals surface area (Å²) in [6, 6.07) is 13.3. The zero-order chi connectivity index (χ0) is 16.2. The number of nitrogens with two attached hydrogens (primary N) is 1. The minimum Gasteiger partial charge on any atom is -0.381 e. The van der Waals surface area contributed by atoms with Crippen molar-refractivity contribution >= 4 is 22.6 Å².